The molecule has 1 aromatic rings. The molecule has 1 aliphatic heterocycles. The van der Waals surface area contributed by atoms with E-state index in [0.717, 1.165) is 6.07 Å². The van der Waals surface area contributed by atoms with Crippen molar-refractivity contribution in [2.45, 2.75) is 31.1 Å². The van der Waals surface area contributed by atoms with E-state index in [9.17, 15) is 34.5 Å². The number of hydrogen-bond donors (Lipinski definition) is 9. The molecular formula is C19H25N5O9. The Bertz CT molecular complexity index is 936. The van der Waals surface area contributed by atoms with Gasteiger partial charge in [-0.15, -0.1) is 0 Å². The monoisotopic (exact) mass is 467 g/mol. The van der Waals surface area contributed by atoms with Crippen molar-refractivity contribution in [3.05, 3.63) is 23.8 Å². The molecule has 0 saturated carbocycles. The van der Waals surface area contributed by atoms with Crippen LogP contribution in [0.25, 0.3) is 0 Å². The Morgan fingerprint density at radius 1 is 1.12 bits per heavy atom. The number of aliphatic carboxylic acids is 2. The number of carboxylic acids is 2. The van der Waals surface area contributed by atoms with Crippen molar-refractivity contribution in [2.24, 2.45) is 4.99 Å². The summed E-state index contributed by atoms with van der Waals surface area (Å²) in [6, 6.07) is 2.50. The summed E-state index contributed by atoms with van der Waals surface area (Å²) >= 11 is 0. The van der Waals surface area contributed by atoms with Crippen molar-refractivity contribution >= 4 is 35.4 Å². The average molecular weight is 467 g/mol. The molecule has 0 bridgehead atoms. The first-order valence-corrected chi connectivity index (χ1v) is 9.80. The minimum atomic E-state index is -1.64. The summed E-state index contributed by atoms with van der Waals surface area (Å²) in [5.41, 5.74) is 0.306. The zero-order valence-electron chi connectivity index (χ0n) is 17.3. The molecule has 2 amide bonds. The van der Waals surface area contributed by atoms with E-state index in [2.05, 4.69) is 26.3 Å². The summed E-state index contributed by atoms with van der Waals surface area (Å²) in [5, 5.41) is 57.0. The van der Waals surface area contributed by atoms with Crippen molar-refractivity contribution in [3.8, 4) is 5.75 Å². The average Bonchev–Trinajstić information content (AvgIpc) is 2.72. The SMILES string of the molecule is O=C(O)CC(O)C(CC(=O)O)NC(=O)CNC(=O)c1cc(O)cc(NC2=NCC(O)CN2)c1. The molecule has 1 aromatic carbocycles. The lowest BCUT2D eigenvalue weighted by Gasteiger charge is -2.21. The van der Waals surface area contributed by atoms with E-state index in [-0.39, 0.29) is 24.4 Å². The molecule has 0 saturated heterocycles. The summed E-state index contributed by atoms with van der Waals surface area (Å²) in [4.78, 5) is 50.2. The molecule has 0 spiro atoms. The number of guanidine groups is 1. The Kier molecular flexibility index (Phi) is 8.94. The number of amides is 2. The maximum absolute atomic E-state index is 12.4. The third kappa shape index (κ3) is 8.62. The third-order valence-corrected chi connectivity index (χ3v) is 4.41. The molecule has 1 aliphatic rings. The molecule has 0 aliphatic carbocycles. The fourth-order valence-electron chi connectivity index (χ4n) is 2.88. The number of hydrogen-bond acceptors (Lipinski definition) is 10. The van der Waals surface area contributed by atoms with Crippen LogP contribution in [0.3, 0.4) is 0 Å². The van der Waals surface area contributed by atoms with Gasteiger partial charge in [0.2, 0.25) is 5.91 Å². The van der Waals surface area contributed by atoms with Gasteiger partial charge in [0, 0.05) is 23.9 Å². The molecule has 14 nitrogen and oxygen atoms in total. The van der Waals surface area contributed by atoms with Crippen LogP contribution in [0, 0.1) is 0 Å². The number of aromatic hydroxyl groups is 1. The fourth-order valence-corrected chi connectivity index (χ4v) is 2.88. The number of benzene rings is 1. The summed E-state index contributed by atoms with van der Waals surface area (Å²) < 4.78 is 0. The van der Waals surface area contributed by atoms with Gasteiger partial charge in [-0.1, -0.05) is 0 Å². The van der Waals surface area contributed by atoms with Crippen molar-refractivity contribution < 1.29 is 44.7 Å². The second-order valence-corrected chi connectivity index (χ2v) is 7.24. The van der Waals surface area contributed by atoms with Crippen LogP contribution in [0.4, 0.5) is 5.69 Å². The van der Waals surface area contributed by atoms with Gasteiger partial charge in [0.15, 0.2) is 5.96 Å². The number of phenols is 1. The Morgan fingerprint density at radius 3 is 2.42 bits per heavy atom. The van der Waals surface area contributed by atoms with Crippen molar-refractivity contribution in [2.75, 3.05) is 25.0 Å². The first kappa shape index (κ1) is 25.4. The number of carbonyl (C=O) groups is 4. The minimum Gasteiger partial charge on any atom is -0.508 e. The summed E-state index contributed by atoms with van der Waals surface area (Å²) in [7, 11) is 0. The molecule has 14 heteroatoms. The van der Waals surface area contributed by atoms with Gasteiger partial charge >= 0.3 is 11.9 Å². The maximum atomic E-state index is 12.4. The number of β-amino-alcohol motifs (C(OH)–C–C–N with tert-alkyl or cyclic N) is 1. The minimum absolute atomic E-state index is 0.00487. The zero-order valence-corrected chi connectivity index (χ0v) is 17.3. The van der Waals surface area contributed by atoms with E-state index in [1.807, 2.05) is 0 Å². The Hall–Kier alpha value is -3.91. The highest BCUT2D eigenvalue weighted by atomic mass is 16.4. The van der Waals surface area contributed by atoms with Crippen LogP contribution in [0.5, 0.6) is 5.75 Å². The molecule has 0 aromatic heterocycles. The van der Waals surface area contributed by atoms with Gasteiger partial charge in [0.1, 0.15) is 5.75 Å². The van der Waals surface area contributed by atoms with E-state index in [1.165, 1.54) is 12.1 Å². The van der Waals surface area contributed by atoms with Gasteiger partial charge < -0.3 is 46.8 Å². The number of anilines is 1. The predicted octanol–water partition coefficient (Wildman–Crippen LogP) is -2.35. The Morgan fingerprint density at radius 2 is 1.82 bits per heavy atom. The highest BCUT2D eigenvalue weighted by Gasteiger charge is 2.26. The molecular weight excluding hydrogens is 442 g/mol. The van der Waals surface area contributed by atoms with Crippen LogP contribution in [0.2, 0.25) is 0 Å². The predicted molar refractivity (Wildman–Crippen MR) is 113 cm³/mol. The van der Waals surface area contributed by atoms with Gasteiger partial charge in [-0.05, 0) is 12.1 Å². The van der Waals surface area contributed by atoms with E-state index < -0.39 is 61.4 Å². The van der Waals surface area contributed by atoms with Crippen molar-refractivity contribution in [3.63, 3.8) is 0 Å². The normalized spacial score (nSPS) is 17.0. The largest absolute Gasteiger partial charge is 0.508 e. The first-order valence-electron chi connectivity index (χ1n) is 9.80. The third-order valence-electron chi connectivity index (χ3n) is 4.41. The maximum Gasteiger partial charge on any atom is 0.306 e. The first-order chi connectivity index (χ1) is 15.5. The number of carboxylic acid groups (broad SMARTS) is 2. The quantitative estimate of drug-likeness (QED) is 0.177. The zero-order chi connectivity index (χ0) is 24.5. The number of aliphatic imine (C=N–C) groups is 1. The smallest absolute Gasteiger partial charge is 0.306 e. The number of nitrogens with one attached hydrogen (secondary N) is 4. The van der Waals surface area contributed by atoms with E-state index in [0.29, 0.717) is 11.6 Å². The van der Waals surface area contributed by atoms with Crippen LogP contribution in [-0.2, 0) is 14.4 Å². The fraction of sp³-hybridized carbons (Fsp3) is 0.421. The van der Waals surface area contributed by atoms with Gasteiger partial charge in [-0.2, -0.15) is 0 Å². The molecule has 0 radical (unpaired) electrons. The van der Waals surface area contributed by atoms with Gasteiger partial charge in [-0.3, -0.25) is 24.2 Å². The second kappa shape index (κ2) is 11.6. The van der Waals surface area contributed by atoms with Crippen LogP contribution in [0.15, 0.2) is 23.2 Å². The van der Waals surface area contributed by atoms with Crippen molar-refractivity contribution in [1.29, 1.82) is 0 Å². The molecule has 2 rings (SSSR count). The molecule has 9 N–H and O–H groups in total. The van der Waals surface area contributed by atoms with E-state index in [4.69, 9.17) is 10.2 Å². The lowest BCUT2D eigenvalue weighted by Crippen LogP contribution is -2.48. The van der Waals surface area contributed by atoms with Crippen LogP contribution >= 0.6 is 0 Å². The van der Waals surface area contributed by atoms with E-state index in [1.54, 1.807) is 0 Å². The summed E-state index contributed by atoms with van der Waals surface area (Å²) in [6.07, 6.45) is -3.75. The van der Waals surface area contributed by atoms with Crippen molar-refractivity contribution in [1.82, 2.24) is 16.0 Å². The number of aliphatic hydroxyl groups excluding tert-OH is 2. The molecule has 33 heavy (non-hydrogen) atoms. The molecule has 3 atom stereocenters. The van der Waals surface area contributed by atoms with Gasteiger partial charge in [0.05, 0.1) is 44.2 Å². The van der Waals surface area contributed by atoms with Gasteiger partial charge in [0.25, 0.3) is 5.91 Å². The molecule has 3 unspecified atom stereocenters. The standard InChI is InChI=1S/C19H25N5O9/c25-11-2-9(1-10(3-11)23-19-21-6-12(26)7-22-19)18(33)20-8-15(28)24-13(4-16(29)30)14(27)5-17(31)32/h1-3,12-14,25-27H,4-8H2,(H,20,33)(H,24,28)(H,29,30)(H,31,32)(H2,21,22,23). The molecule has 0 fully saturated rings. The lowest BCUT2D eigenvalue weighted by atomic mass is 10.0. The van der Waals surface area contributed by atoms with E-state index >= 15 is 0 Å². The van der Waals surface area contributed by atoms with Crippen LogP contribution in [-0.4, -0.2) is 93.1 Å². The van der Waals surface area contributed by atoms with Crippen LogP contribution in [0.1, 0.15) is 23.2 Å². The molecule has 180 valence electrons. The number of phenolic OH excluding ortho intramolecular Hbond substituents is 1. The number of rotatable bonds is 10. The lowest BCUT2D eigenvalue weighted by molar-refractivity contribution is -0.143. The number of nitrogens with zero attached hydrogens (tertiary/aromatic N) is 1. The molecule has 1 heterocycles. The topological polar surface area (TPSA) is 230 Å². The number of aliphatic hydroxyl groups is 2. The summed E-state index contributed by atoms with van der Waals surface area (Å²) in [6.45, 7) is -0.142. The Balaban J connectivity index is 1.97. The Labute approximate surface area is 187 Å². The second-order valence-electron chi connectivity index (χ2n) is 7.24. The van der Waals surface area contributed by atoms with Gasteiger partial charge in [-0.25, -0.2) is 0 Å². The summed E-state index contributed by atoms with van der Waals surface area (Å²) in [5.74, 6) is -4.24. The highest BCUT2D eigenvalue weighted by Crippen LogP contribution is 2.20. The number of carbonyl (C=O) groups excluding carboxylic acids is 2. The van der Waals surface area contributed by atoms with Crippen LogP contribution < -0.4 is 21.3 Å². The highest BCUT2D eigenvalue weighted by molar-refractivity contribution is 6.00.